The number of hydrogen-bond acceptors (Lipinski definition) is 5. The third kappa shape index (κ3) is 6.26. The summed E-state index contributed by atoms with van der Waals surface area (Å²) < 4.78 is 21.5. The van der Waals surface area contributed by atoms with E-state index in [1.54, 1.807) is 42.5 Å². The molecule has 0 amide bonds. The summed E-state index contributed by atoms with van der Waals surface area (Å²) in [5.41, 5.74) is 0.685. The molecule has 0 heterocycles. The van der Waals surface area contributed by atoms with Crippen LogP contribution in [0.15, 0.2) is 48.2 Å². The van der Waals surface area contributed by atoms with Crippen LogP contribution in [0.2, 0.25) is 0 Å². The molecule has 0 aliphatic heterocycles. The van der Waals surface area contributed by atoms with Crippen LogP contribution in [0.1, 0.15) is 25.3 Å². The van der Waals surface area contributed by atoms with Crippen LogP contribution in [0, 0.1) is 0 Å². The van der Waals surface area contributed by atoms with Gasteiger partial charge in [0.25, 0.3) is 0 Å². The highest BCUT2D eigenvalue weighted by Gasteiger charge is 2.12. The number of carbonyl (C=O) groups is 1. The van der Waals surface area contributed by atoms with Gasteiger partial charge in [-0.05, 0) is 30.2 Å². The topological polar surface area (TPSA) is 74.2 Å². The van der Waals surface area contributed by atoms with Crippen LogP contribution in [-0.4, -0.2) is 31.9 Å². The second-order valence-electron chi connectivity index (χ2n) is 5.74. The van der Waals surface area contributed by atoms with Crippen molar-refractivity contribution >= 4 is 12.0 Å². The van der Waals surface area contributed by atoms with Gasteiger partial charge >= 0.3 is 5.97 Å². The number of aliphatic carboxylic acids is 1. The predicted octanol–water partition coefficient (Wildman–Crippen LogP) is 4.39. The van der Waals surface area contributed by atoms with E-state index in [-0.39, 0.29) is 5.76 Å². The first kappa shape index (κ1) is 20.2. The number of benzene rings is 2. The molecule has 0 bridgehead atoms. The largest absolute Gasteiger partial charge is 0.496 e. The average molecular weight is 372 g/mol. The quantitative estimate of drug-likeness (QED) is 0.379. The first-order chi connectivity index (χ1) is 13.0. The Morgan fingerprint density at radius 3 is 2.07 bits per heavy atom. The zero-order chi connectivity index (χ0) is 19.6. The van der Waals surface area contributed by atoms with Gasteiger partial charge in [0, 0.05) is 18.2 Å². The molecule has 0 fully saturated rings. The molecule has 0 saturated carbocycles. The molecule has 0 aliphatic rings. The molecule has 2 rings (SSSR count). The fraction of sp³-hybridized carbons (Fsp3) is 0.286. The molecular formula is C21H24O6. The third-order valence-corrected chi connectivity index (χ3v) is 3.71. The highest BCUT2D eigenvalue weighted by atomic mass is 16.5. The molecule has 0 unspecified atom stereocenters. The molecule has 0 aromatic heterocycles. The standard InChI is InChI=1S/C21H24O6/c1-4-5-10-26-16-8-6-15(7-9-16)11-20(21(22)23)27-19-13-17(24-2)12-18(14-19)25-3/h6-9,11-14H,4-5,10H2,1-3H3,(H,22,23). The van der Waals surface area contributed by atoms with E-state index in [0.717, 1.165) is 18.6 Å². The van der Waals surface area contributed by atoms with Gasteiger partial charge in [-0.25, -0.2) is 4.79 Å². The maximum absolute atomic E-state index is 11.6. The summed E-state index contributed by atoms with van der Waals surface area (Å²) in [5, 5.41) is 9.47. The van der Waals surface area contributed by atoms with Crippen molar-refractivity contribution in [3.8, 4) is 23.0 Å². The minimum Gasteiger partial charge on any atom is -0.496 e. The summed E-state index contributed by atoms with van der Waals surface area (Å²) in [5.74, 6) is 0.658. The Morgan fingerprint density at radius 1 is 0.963 bits per heavy atom. The summed E-state index contributed by atoms with van der Waals surface area (Å²) in [6, 6.07) is 12.0. The predicted molar refractivity (Wildman–Crippen MR) is 103 cm³/mol. The van der Waals surface area contributed by atoms with Crippen LogP contribution in [0.25, 0.3) is 6.08 Å². The molecule has 0 spiro atoms. The first-order valence-electron chi connectivity index (χ1n) is 8.64. The van der Waals surface area contributed by atoms with E-state index < -0.39 is 5.97 Å². The number of carboxylic acids is 1. The second-order valence-corrected chi connectivity index (χ2v) is 5.74. The molecule has 27 heavy (non-hydrogen) atoms. The SMILES string of the molecule is CCCCOc1ccc(C=C(Oc2cc(OC)cc(OC)c2)C(=O)O)cc1. The lowest BCUT2D eigenvalue weighted by molar-refractivity contribution is -0.134. The lowest BCUT2D eigenvalue weighted by Crippen LogP contribution is -2.08. The summed E-state index contributed by atoms with van der Waals surface area (Å²) in [4.78, 5) is 11.6. The molecular weight excluding hydrogens is 348 g/mol. The van der Waals surface area contributed by atoms with Crippen molar-refractivity contribution in [1.29, 1.82) is 0 Å². The molecule has 6 nitrogen and oxygen atoms in total. The Bertz CT molecular complexity index is 758. The van der Waals surface area contributed by atoms with Crippen molar-refractivity contribution in [3.63, 3.8) is 0 Å². The van der Waals surface area contributed by atoms with Gasteiger partial charge in [-0.3, -0.25) is 0 Å². The summed E-state index contributed by atoms with van der Waals surface area (Å²) in [6.45, 7) is 2.76. The molecule has 6 heteroatoms. The number of carboxylic acid groups (broad SMARTS) is 1. The number of ether oxygens (including phenoxy) is 4. The van der Waals surface area contributed by atoms with Crippen molar-refractivity contribution in [2.24, 2.45) is 0 Å². The van der Waals surface area contributed by atoms with E-state index in [4.69, 9.17) is 18.9 Å². The third-order valence-electron chi connectivity index (χ3n) is 3.71. The molecule has 2 aromatic rings. The first-order valence-corrected chi connectivity index (χ1v) is 8.64. The number of unbranched alkanes of at least 4 members (excludes halogenated alkanes) is 1. The maximum atomic E-state index is 11.6. The van der Waals surface area contributed by atoms with Gasteiger partial charge < -0.3 is 24.1 Å². The fourth-order valence-corrected chi connectivity index (χ4v) is 2.25. The highest BCUT2D eigenvalue weighted by molar-refractivity contribution is 5.90. The van der Waals surface area contributed by atoms with Crippen molar-refractivity contribution in [2.45, 2.75) is 19.8 Å². The molecule has 144 valence electrons. The Balaban J connectivity index is 2.18. The smallest absolute Gasteiger partial charge is 0.371 e. The fourth-order valence-electron chi connectivity index (χ4n) is 2.25. The molecule has 0 radical (unpaired) electrons. The monoisotopic (exact) mass is 372 g/mol. The molecule has 1 N–H and O–H groups in total. The second kappa shape index (κ2) is 10.1. The Labute approximate surface area is 158 Å². The van der Waals surface area contributed by atoms with Crippen molar-refractivity contribution in [1.82, 2.24) is 0 Å². The van der Waals surface area contributed by atoms with Crippen LogP contribution in [-0.2, 0) is 4.79 Å². The Morgan fingerprint density at radius 2 is 1.56 bits per heavy atom. The van der Waals surface area contributed by atoms with E-state index in [2.05, 4.69) is 6.92 Å². The minimum absolute atomic E-state index is 0.218. The van der Waals surface area contributed by atoms with Gasteiger partial charge in [0.05, 0.1) is 20.8 Å². The van der Waals surface area contributed by atoms with Gasteiger partial charge in [-0.15, -0.1) is 0 Å². The number of hydrogen-bond donors (Lipinski definition) is 1. The lowest BCUT2D eigenvalue weighted by Gasteiger charge is -2.10. The van der Waals surface area contributed by atoms with Gasteiger partial charge in [0.15, 0.2) is 0 Å². The molecule has 0 saturated heterocycles. The zero-order valence-electron chi connectivity index (χ0n) is 15.7. The summed E-state index contributed by atoms with van der Waals surface area (Å²) in [7, 11) is 3.02. The average Bonchev–Trinajstić information content (AvgIpc) is 2.68. The number of rotatable bonds is 10. The molecule has 0 atom stereocenters. The zero-order valence-corrected chi connectivity index (χ0v) is 15.7. The lowest BCUT2D eigenvalue weighted by atomic mass is 10.2. The summed E-state index contributed by atoms with van der Waals surface area (Å²) >= 11 is 0. The van der Waals surface area contributed by atoms with E-state index in [9.17, 15) is 9.90 Å². The maximum Gasteiger partial charge on any atom is 0.371 e. The number of methoxy groups -OCH3 is 2. The van der Waals surface area contributed by atoms with Crippen LogP contribution >= 0.6 is 0 Å². The van der Waals surface area contributed by atoms with Crippen LogP contribution in [0.4, 0.5) is 0 Å². The van der Waals surface area contributed by atoms with Crippen LogP contribution in [0.5, 0.6) is 23.0 Å². The van der Waals surface area contributed by atoms with Crippen LogP contribution in [0.3, 0.4) is 0 Å². The van der Waals surface area contributed by atoms with Gasteiger partial charge in [0.1, 0.15) is 23.0 Å². The Hall–Kier alpha value is -3.15. The van der Waals surface area contributed by atoms with E-state index in [0.29, 0.717) is 29.4 Å². The van der Waals surface area contributed by atoms with Crippen molar-refractivity contribution in [3.05, 3.63) is 53.8 Å². The van der Waals surface area contributed by atoms with E-state index in [1.807, 2.05) is 0 Å². The van der Waals surface area contributed by atoms with Crippen molar-refractivity contribution in [2.75, 3.05) is 20.8 Å². The molecule has 0 aliphatic carbocycles. The minimum atomic E-state index is -1.18. The van der Waals surface area contributed by atoms with E-state index in [1.165, 1.54) is 20.3 Å². The van der Waals surface area contributed by atoms with Gasteiger partial charge in [-0.2, -0.15) is 0 Å². The van der Waals surface area contributed by atoms with Crippen LogP contribution < -0.4 is 18.9 Å². The van der Waals surface area contributed by atoms with Gasteiger partial charge in [-0.1, -0.05) is 25.5 Å². The molecule has 2 aromatic carbocycles. The van der Waals surface area contributed by atoms with Crippen molar-refractivity contribution < 1.29 is 28.8 Å². The normalized spacial score (nSPS) is 11.0. The van der Waals surface area contributed by atoms with E-state index >= 15 is 0 Å². The summed E-state index contributed by atoms with van der Waals surface area (Å²) in [6.07, 6.45) is 3.50. The Kier molecular flexibility index (Phi) is 7.55. The highest BCUT2D eigenvalue weighted by Crippen LogP contribution is 2.29. The van der Waals surface area contributed by atoms with Gasteiger partial charge in [0.2, 0.25) is 5.76 Å².